The maximum Gasteiger partial charge on any atom is 0.171 e. The first-order chi connectivity index (χ1) is 7.89. The number of aliphatic hydroxyl groups is 1. The number of Topliss-reactive ketones (excluding diaryl/α,β-unsaturated/α-hetero) is 1. The van der Waals surface area contributed by atoms with Gasteiger partial charge in [-0.2, -0.15) is 0 Å². The first-order valence-electron chi connectivity index (χ1n) is 6.15. The topological polar surface area (TPSA) is 37.3 Å². The molecule has 1 saturated carbocycles. The minimum atomic E-state index is -0.455. The molecule has 0 radical (unpaired) electrons. The SMILES string of the molecule is CC(C)(C)c1ccc(C(=O)C2(CO)CC2)cc1. The molecule has 1 fully saturated rings. The molecule has 0 heterocycles. The van der Waals surface area contributed by atoms with E-state index in [0.717, 1.165) is 18.4 Å². The molecule has 0 atom stereocenters. The zero-order valence-corrected chi connectivity index (χ0v) is 10.8. The number of rotatable bonds is 3. The molecule has 1 aliphatic carbocycles. The van der Waals surface area contributed by atoms with Gasteiger partial charge in [-0.3, -0.25) is 4.79 Å². The first kappa shape index (κ1) is 12.3. The Morgan fingerprint density at radius 2 is 1.76 bits per heavy atom. The van der Waals surface area contributed by atoms with Crippen LogP contribution in [0.2, 0.25) is 0 Å². The average Bonchev–Trinajstić information content (AvgIpc) is 3.08. The lowest BCUT2D eigenvalue weighted by atomic mass is 9.85. The van der Waals surface area contributed by atoms with Crippen LogP contribution in [0, 0.1) is 5.41 Å². The molecular formula is C15H20O2. The van der Waals surface area contributed by atoms with E-state index in [1.807, 2.05) is 24.3 Å². The van der Waals surface area contributed by atoms with E-state index in [9.17, 15) is 9.90 Å². The Hall–Kier alpha value is -1.15. The van der Waals surface area contributed by atoms with E-state index >= 15 is 0 Å². The Kier molecular flexibility index (Phi) is 2.86. The summed E-state index contributed by atoms with van der Waals surface area (Å²) in [5.74, 6) is 0.0976. The van der Waals surface area contributed by atoms with Crippen LogP contribution in [0.3, 0.4) is 0 Å². The second-order valence-corrected chi connectivity index (χ2v) is 6.09. The highest BCUT2D eigenvalue weighted by Crippen LogP contribution is 2.47. The van der Waals surface area contributed by atoms with Gasteiger partial charge in [0.2, 0.25) is 0 Å². The third-order valence-corrected chi connectivity index (χ3v) is 3.65. The van der Waals surface area contributed by atoms with Gasteiger partial charge in [-0.15, -0.1) is 0 Å². The smallest absolute Gasteiger partial charge is 0.171 e. The van der Waals surface area contributed by atoms with Crippen molar-refractivity contribution in [1.82, 2.24) is 0 Å². The molecule has 2 heteroatoms. The molecule has 0 unspecified atom stereocenters. The van der Waals surface area contributed by atoms with E-state index < -0.39 is 5.41 Å². The molecule has 1 aromatic carbocycles. The van der Waals surface area contributed by atoms with Crippen LogP contribution in [-0.4, -0.2) is 17.5 Å². The second kappa shape index (κ2) is 3.95. The Morgan fingerprint density at radius 3 is 2.12 bits per heavy atom. The van der Waals surface area contributed by atoms with Crippen molar-refractivity contribution >= 4 is 5.78 Å². The summed E-state index contributed by atoms with van der Waals surface area (Å²) in [5.41, 5.74) is 1.60. The number of carbonyl (C=O) groups excluding carboxylic acids is 1. The quantitative estimate of drug-likeness (QED) is 0.813. The normalized spacial score (nSPS) is 17.9. The molecule has 17 heavy (non-hydrogen) atoms. The van der Waals surface area contributed by atoms with Crippen molar-refractivity contribution in [2.75, 3.05) is 6.61 Å². The van der Waals surface area contributed by atoms with Crippen molar-refractivity contribution in [1.29, 1.82) is 0 Å². The molecule has 1 N–H and O–H groups in total. The van der Waals surface area contributed by atoms with Gasteiger partial charge in [0.1, 0.15) is 0 Å². The fourth-order valence-corrected chi connectivity index (χ4v) is 2.04. The lowest BCUT2D eigenvalue weighted by Gasteiger charge is -2.19. The molecule has 92 valence electrons. The third kappa shape index (κ3) is 2.27. The van der Waals surface area contributed by atoms with Crippen LogP contribution in [-0.2, 0) is 5.41 Å². The molecule has 0 aromatic heterocycles. The highest BCUT2D eigenvalue weighted by atomic mass is 16.3. The maximum absolute atomic E-state index is 12.2. The van der Waals surface area contributed by atoms with E-state index in [2.05, 4.69) is 20.8 Å². The lowest BCUT2D eigenvalue weighted by molar-refractivity contribution is 0.0829. The number of aliphatic hydroxyl groups excluding tert-OH is 1. The zero-order valence-electron chi connectivity index (χ0n) is 10.8. The van der Waals surface area contributed by atoms with Crippen LogP contribution in [0.4, 0.5) is 0 Å². The highest BCUT2D eigenvalue weighted by molar-refractivity contribution is 6.02. The number of ketones is 1. The van der Waals surface area contributed by atoms with E-state index in [1.54, 1.807) is 0 Å². The van der Waals surface area contributed by atoms with Crippen LogP contribution in [0.1, 0.15) is 49.5 Å². The summed E-state index contributed by atoms with van der Waals surface area (Å²) < 4.78 is 0. The van der Waals surface area contributed by atoms with Crippen molar-refractivity contribution in [2.24, 2.45) is 5.41 Å². The summed E-state index contributed by atoms with van der Waals surface area (Å²) in [6.45, 7) is 6.44. The molecule has 0 amide bonds. The number of carbonyl (C=O) groups is 1. The fourth-order valence-electron chi connectivity index (χ4n) is 2.04. The van der Waals surface area contributed by atoms with Crippen molar-refractivity contribution in [3.8, 4) is 0 Å². The molecule has 2 rings (SSSR count). The molecule has 2 nitrogen and oxygen atoms in total. The summed E-state index contributed by atoms with van der Waals surface area (Å²) in [5, 5.41) is 9.25. The molecule has 0 aliphatic heterocycles. The van der Waals surface area contributed by atoms with E-state index in [0.29, 0.717) is 0 Å². The molecule has 0 bridgehead atoms. The van der Waals surface area contributed by atoms with E-state index in [-0.39, 0.29) is 17.8 Å². The zero-order chi connectivity index (χ0) is 12.7. The fraction of sp³-hybridized carbons (Fsp3) is 0.533. The summed E-state index contributed by atoms with van der Waals surface area (Å²) in [6, 6.07) is 7.80. The summed E-state index contributed by atoms with van der Waals surface area (Å²) >= 11 is 0. The van der Waals surface area contributed by atoms with Gasteiger partial charge in [-0.1, -0.05) is 45.0 Å². The Labute approximate surface area is 103 Å². The molecule has 0 saturated heterocycles. The van der Waals surface area contributed by atoms with E-state index in [1.165, 1.54) is 5.56 Å². The van der Waals surface area contributed by atoms with Crippen LogP contribution >= 0.6 is 0 Å². The maximum atomic E-state index is 12.2. The minimum absolute atomic E-state index is 0.0210. The molecule has 0 spiro atoms. The van der Waals surface area contributed by atoms with Crippen molar-refractivity contribution in [2.45, 2.75) is 39.0 Å². The number of benzene rings is 1. The van der Waals surface area contributed by atoms with Crippen molar-refractivity contribution < 1.29 is 9.90 Å². The van der Waals surface area contributed by atoms with Crippen LogP contribution in [0.25, 0.3) is 0 Å². The van der Waals surface area contributed by atoms with Gasteiger partial charge < -0.3 is 5.11 Å². The van der Waals surface area contributed by atoms with Gasteiger partial charge >= 0.3 is 0 Å². The monoisotopic (exact) mass is 232 g/mol. The molecule has 1 aliphatic rings. The van der Waals surface area contributed by atoms with Gasteiger partial charge in [0, 0.05) is 5.56 Å². The Morgan fingerprint density at radius 1 is 1.24 bits per heavy atom. The van der Waals surface area contributed by atoms with Gasteiger partial charge in [0.05, 0.1) is 12.0 Å². The van der Waals surface area contributed by atoms with E-state index in [4.69, 9.17) is 0 Å². The predicted octanol–water partition coefficient (Wildman–Crippen LogP) is 2.94. The van der Waals surface area contributed by atoms with Crippen LogP contribution < -0.4 is 0 Å². The number of hydrogen-bond donors (Lipinski definition) is 1. The van der Waals surface area contributed by atoms with Crippen LogP contribution in [0.5, 0.6) is 0 Å². The van der Waals surface area contributed by atoms with Crippen LogP contribution in [0.15, 0.2) is 24.3 Å². The largest absolute Gasteiger partial charge is 0.395 e. The van der Waals surface area contributed by atoms with Crippen molar-refractivity contribution in [3.05, 3.63) is 35.4 Å². The lowest BCUT2D eigenvalue weighted by Crippen LogP contribution is -2.20. The van der Waals surface area contributed by atoms with Crippen molar-refractivity contribution in [3.63, 3.8) is 0 Å². The minimum Gasteiger partial charge on any atom is -0.395 e. The van der Waals surface area contributed by atoms with Gasteiger partial charge in [-0.25, -0.2) is 0 Å². The average molecular weight is 232 g/mol. The predicted molar refractivity (Wildman–Crippen MR) is 68.2 cm³/mol. The summed E-state index contributed by atoms with van der Waals surface area (Å²) in [4.78, 5) is 12.2. The Bertz CT molecular complexity index is 419. The first-order valence-corrected chi connectivity index (χ1v) is 6.15. The second-order valence-electron chi connectivity index (χ2n) is 6.09. The van der Waals surface area contributed by atoms with Gasteiger partial charge in [-0.05, 0) is 23.8 Å². The molecular weight excluding hydrogens is 212 g/mol. The van der Waals surface area contributed by atoms with Gasteiger partial charge in [0.25, 0.3) is 0 Å². The number of hydrogen-bond acceptors (Lipinski definition) is 2. The summed E-state index contributed by atoms with van der Waals surface area (Å²) in [6.07, 6.45) is 1.65. The summed E-state index contributed by atoms with van der Waals surface area (Å²) in [7, 11) is 0. The Balaban J connectivity index is 2.22. The highest BCUT2D eigenvalue weighted by Gasteiger charge is 2.49. The standard InChI is InChI=1S/C15H20O2/c1-14(2,3)12-6-4-11(5-7-12)13(17)15(10-16)8-9-15/h4-7,16H,8-10H2,1-3H3. The molecule has 1 aromatic rings. The van der Waals surface area contributed by atoms with Gasteiger partial charge in [0.15, 0.2) is 5.78 Å². The third-order valence-electron chi connectivity index (χ3n) is 3.65.